The number of benzene rings is 1. The van der Waals surface area contributed by atoms with Gasteiger partial charge in [0.05, 0.1) is 25.2 Å². The second-order valence-electron chi connectivity index (χ2n) is 4.79. The van der Waals surface area contributed by atoms with E-state index in [1.165, 1.54) is 6.07 Å². The van der Waals surface area contributed by atoms with Crippen LogP contribution in [0.1, 0.15) is 12.5 Å². The van der Waals surface area contributed by atoms with Crippen LogP contribution in [0.15, 0.2) is 29.3 Å². The smallest absolute Gasteiger partial charge is 0.282 e. The molecule has 1 aromatic rings. The third-order valence-electron chi connectivity index (χ3n) is 3.81. The SMILES string of the molecule is C[C@H]1OCC2(c3ccccc3F)N=C(N)OCC12. The van der Waals surface area contributed by atoms with Crippen LogP contribution >= 0.6 is 0 Å². The molecule has 5 heteroatoms. The van der Waals surface area contributed by atoms with E-state index >= 15 is 0 Å². The van der Waals surface area contributed by atoms with Crippen LogP contribution in [-0.4, -0.2) is 25.3 Å². The van der Waals surface area contributed by atoms with E-state index in [2.05, 4.69) is 4.99 Å². The van der Waals surface area contributed by atoms with E-state index < -0.39 is 5.54 Å². The summed E-state index contributed by atoms with van der Waals surface area (Å²) >= 11 is 0. The van der Waals surface area contributed by atoms with Gasteiger partial charge in [0.25, 0.3) is 6.02 Å². The zero-order chi connectivity index (χ0) is 12.8. The van der Waals surface area contributed by atoms with Crippen molar-refractivity contribution in [1.29, 1.82) is 0 Å². The van der Waals surface area contributed by atoms with E-state index in [4.69, 9.17) is 15.2 Å². The van der Waals surface area contributed by atoms with Crippen molar-refractivity contribution in [1.82, 2.24) is 0 Å². The highest BCUT2D eigenvalue weighted by Crippen LogP contribution is 2.45. The lowest BCUT2D eigenvalue weighted by atomic mass is 9.78. The fraction of sp³-hybridized carbons (Fsp3) is 0.462. The molecule has 0 aliphatic carbocycles. The molecule has 3 atom stereocenters. The summed E-state index contributed by atoms with van der Waals surface area (Å²) in [6.45, 7) is 2.70. The van der Waals surface area contributed by atoms with Crippen molar-refractivity contribution in [2.75, 3.05) is 13.2 Å². The summed E-state index contributed by atoms with van der Waals surface area (Å²) in [6, 6.07) is 6.74. The lowest BCUT2D eigenvalue weighted by Gasteiger charge is -2.35. The predicted molar refractivity (Wildman–Crippen MR) is 64.6 cm³/mol. The van der Waals surface area contributed by atoms with Crippen LogP contribution in [-0.2, 0) is 15.0 Å². The van der Waals surface area contributed by atoms with Crippen molar-refractivity contribution < 1.29 is 13.9 Å². The van der Waals surface area contributed by atoms with Gasteiger partial charge in [0, 0.05) is 5.56 Å². The van der Waals surface area contributed by atoms with Crippen molar-refractivity contribution in [3.05, 3.63) is 35.6 Å². The second-order valence-corrected chi connectivity index (χ2v) is 4.79. The summed E-state index contributed by atoms with van der Waals surface area (Å²) in [5.41, 5.74) is 5.45. The topological polar surface area (TPSA) is 56.8 Å². The van der Waals surface area contributed by atoms with Crippen LogP contribution in [0.4, 0.5) is 4.39 Å². The largest absolute Gasteiger partial charge is 0.465 e. The molecule has 18 heavy (non-hydrogen) atoms. The second kappa shape index (κ2) is 3.95. The number of rotatable bonds is 1. The summed E-state index contributed by atoms with van der Waals surface area (Å²) in [7, 11) is 0. The summed E-state index contributed by atoms with van der Waals surface area (Å²) in [4.78, 5) is 4.36. The van der Waals surface area contributed by atoms with E-state index in [9.17, 15) is 4.39 Å². The molecule has 1 saturated heterocycles. The average Bonchev–Trinajstić information content (AvgIpc) is 2.68. The number of nitrogens with two attached hydrogens (primary N) is 1. The molecule has 0 bridgehead atoms. The average molecular weight is 250 g/mol. The Hall–Kier alpha value is -1.62. The zero-order valence-electron chi connectivity index (χ0n) is 10.1. The molecule has 2 aliphatic heterocycles. The van der Waals surface area contributed by atoms with Gasteiger partial charge < -0.3 is 15.2 Å². The van der Waals surface area contributed by atoms with Gasteiger partial charge in [0.2, 0.25) is 0 Å². The Morgan fingerprint density at radius 2 is 2.22 bits per heavy atom. The van der Waals surface area contributed by atoms with Crippen LogP contribution in [0, 0.1) is 11.7 Å². The van der Waals surface area contributed by atoms with Gasteiger partial charge >= 0.3 is 0 Å². The third kappa shape index (κ3) is 1.50. The summed E-state index contributed by atoms with van der Waals surface area (Å²) in [5, 5.41) is 0. The molecular formula is C13H15FN2O2. The van der Waals surface area contributed by atoms with Gasteiger partial charge in [-0.15, -0.1) is 0 Å². The van der Waals surface area contributed by atoms with Crippen molar-refractivity contribution in [2.24, 2.45) is 16.6 Å². The lowest BCUT2D eigenvalue weighted by Crippen LogP contribution is -2.45. The molecule has 2 N–H and O–H groups in total. The standard InChI is InChI=1S/C13H15FN2O2/c1-8-10-6-17-12(15)16-13(10,7-18-8)9-4-2-3-5-11(9)14/h2-5,8,10H,6-7H2,1H3,(H2,15,16)/t8-,10?,13?/m1/s1. The third-order valence-corrected chi connectivity index (χ3v) is 3.81. The monoisotopic (exact) mass is 250 g/mol. The number of fused-ring (bicyclic) bond motifs is 1. The molecule has 4 nitrogen and oxygen atoms in total. The Kier molecular flexibility index (Phi) is 2.52. The number of aliphatic imine (C=N–C) groups is 1. The summed E-state index contributed by atoms with van der Waals surface area (Å²) in [5.74, 6) is -0.291. The highest BCUT2D eigenvalue weighted by atomic mass is 19.1. The first-order valence-corrected chi connectivity index (χ1v) is 5.98. The van der Waals surface area contributed by atoms with Gasteiger partial charge in [-0.1, -0.05) is 18.2 Å². The van der Waals surface area contributed by atoms with Crippen molar-refractivity contribution in [2.45, 2.75) is 18.6 Å². The number of hydrogen-bond donors (Lipinski definition) is 1. The van der Waals surface area contributed by atoms with Crippen molar-refractivity contribution in [3.63, 3.8) is 0 Å². The van der Waals surface area contributed by atoms with Crippen LogP contribution in [0.2, 0.25) is 0 Å². The minimum Gasteiger partial charge on any atom is -0.465 e. The minimum atomic E-state index is -0.743. The molecule has 1 aromatic carbocycles. The van der Waals surface area contributed by atoms with Crippen LogP contribution < -0.4 is 5.73 Å². The highest BCUT2D eigenvalue weighted by molar-refractivity contribution is 5.73. The van der Waals surface area contributed by atoms with E-state index in [0.717, 1.165) is 0 Å². The van der Waals surface area contributed by atoms with Crippen molar-refractivity contribution >= 4 is 6.02 Å². The first kappa shape index (κ1) is 11.5. The Morgan fingerprint density at radius 3 is 3.00 bits per heavy atom. The zero-order valence-corrected chi connectivity index (χ0v) is 10.1. The van der Waals surface area contributed by atoms with Gasteiger partial charge in [0.1, 0.15) is 11.4 Å². The van der Waals surface area contributed by atoms with Crippen LogP contribution in [0.25, 0.3) is 0 Å². The Balaban J connectivity index is 2.16. The van der Waals surface area contributed by atoms with Gasteiger partial charge in [-0.3, -0.25) is 0 Å². The molecule has 0 radical (unpaired) electrons. The van der Waals surface area contributed by atoms with Gasteiger partial charge in [-0.2, -0.15) is 0 Å². The number of halogens is 1. The maximum absolute atomic E-state index is 14.1. The van der Waals surface area contributed by atoms with E-state index in [1.807, 2.05) is 6.92 Å². The van der Waals surface area contributed by atoms with E-state index in [-0.39, 0.29) is 23.9 Å². The summed E-state index contributed by atoms with van der Waals surface area (Å²) < 4.78 is 25.0. The lowest BCUT2D eigenvalue weighted by molar-refractivity contribution is 0.0865. The maximum Gasteiger partial charge on any atom is 0.282 e. The molecule has 0 spiro atoms. The predicted octanol–water partition coefficient (Wildman–Crippen LogP) is 1.40. The first-order valence-electron chi connectivity index (χ1n) is 5.98. The van der Waals surface area contributed by atoms with E-state index in [0.29, 0.717) is 18.8 Å². The highest BCUT2D eigenvalue weighted by Gasteiger charge is 2.53. The molecular weight excluding hydrogens is 235 g/mol. The Labute approximate surface area is 105 Å². The minimum absolute atomic E-state index is 0.0123. The molecule has 2 heterocycles. The van der Waals surface area contributed by atoms with Gasteiger partial charge in [-0.05, 0) is 13.0 Å². The Morgan fingerprint density at radius 1 is 1.44 bits per heavy atom. The van der Waals surface area contributed by atoms with Gasteiger partial charge in [-0.25, -0.2) is 9.38 Å². The molecule has 0 saturated carbocycles. The Bertz CT molecular complexity index is 506. The molecule has 96 valence electrons. The van der Waals surface area contributed by atoms with Crippen LogP contribution in [0.5, 0.6) is 0 Å². The molecule has 0 amide bonds. The molecule has 1 fully saturated rings. The van der Waals surface area contributed by atoms with Crippen molar-refractivity contribution in [3.8, 4) is 0 Å². The summed E-state index contributed by atoms with van der Waals surface area (Å²) in [6.07, 6.45) is -0.0264. The molecule has 3 rings (SSSR count). The molecule has 0 aromatic heterocycles. The fourth-order valence-corrected chi connectivity index (χ4v) is 2.81. The number of ether oxygens (including phenoxy) is 2. The van der Waals surface area contributed by atoms with E-state index in [1.54, 1.807) is 18.2 Å². The number of nitrogens with zero attached hydrogens (tertiary/aromatic N) is 1. The van der Waals surface area contributed by atoms with Gasteiger partial charge in [0.15, 0.2) is 0 Å². The quantitative estimate of drug-likeness (QED) is 0.819. The molecule has 2 aliphatic rings. The maximum atomic E-state index is 14.1. The molecule has 2 unspecified atom stereocenters. The normalized spacial score (nSPS) is 34.7. The first-order chi connectivity index (χ1) is 8.63. The number of hydrogen-bond acceptors (Lipinski definition) is 4. The fourth-order valence-electron chi connectivity index (χ4n) is 2.81. The number of amidine groups is 1. The van der Waals surface area contributed by atoms with Crippen LogP contribution in [0.3, 0.4) is 0 Å².